The average Bonchev–Trinajstić information content (AvgIpc) is 2.84. The zero-order valence-corrected chi connectivity index (χ0v) is 13.1. The fraction of sp³-hybridized carbons (Fsp3) is 0.200. The van der Waals surface area contributed by atoms with Crippen LogP contribution >= 0.6 is 0 Å². The number of anilines is 1. The Bertz CT molecular complexity index is 976. The summed E-state index contributed by atoms with van der Waals surface area (Å²) in [5.41, 5.74) is 0.883. The summed E-state index contributed by atoms with van der Waals surface area (Å²) >= 11 is 0. The van der Waals surface area contributed by atoms with Crippen LogP contribution < -0.4 is 16.2 Å². The number of sulfone groups is 1. The quantitative estimate of drug-likeness (QED) is 0.763. The number of amides is 1. The normalized spacial score (nSPS) is 18.9. The molecule has 0 saturated heterocycles. The predicted octanol–water partition coefficient (Wildman–Crippen LogP) is 0.610. The van der Waals surface area contributed by atoms with Crippen molar-refractivity contribution in [1.82, 2.24) is 10.3 Å². The van der Waals surface area contributed by atoms with Crippen LogP contribution in [0.15, 0.2) is 40.5 Å². The van der Waals surface area contributed by atoms with Crippen LogP contribution in [0.5, 0.6) is 0 Å². The van der Waals surface area contributed by atoms with Gasteiger partial charge in [0, 0.05) is 18.1 Å². The lowest BCUT2D eigenvalue weighted by atomic mass is 10.1. The monoisotopic (exact) mass is 333 g/mol. The molecular formula is C15H15N3O4S. The van der Waals surface area contributed by atoms with Crippen molar-refractivity contribution in [3.8, 4) is 0 Å². The molecule has 0 unspecified atom stereocenters. The minimum atomic E-state index is -3.26. The van der Waals surface area contributed by atoms with Gasteiger partial charge in [0.2, 0.25) is 0 Å². The van der Waals surface area contributed by atoms with Crippen LogP contribution in [-0.4, -0.2) is 38.2 Å². The summed E-state index contributed by atoms with van der Waals surface area (Å²) in [6.07, 6.45) is 1.40. The standard InChI is InChI=1S/C15H15N3O4S/c1-16-10-3-2-9-6-12(15(20)18-13(9)7-10)14(19)17-11-4-5-23(21,22)8-11/h2-7,11,16H,8H2,1H3,(H,17,19)(H,18,20)/t11-/m1/s1. The second-order valence-corrected chi connectivity index (χ2v) is 7.23. The minimum absolute atomic E-state index is 0.0487. The molecule has 120 valence electrons. The fourth-order valence-electron chi connectivity index (χ4n) is 2.44. The lowest BCUT2D eigenvalue weighted by Gasteiger charge is -2.10. The second-order valence-electron chi connectivity index (χ2n) is 5.30. The van der Waals surface area contributed by atoms with Gasteiger partial charge in [0.15, 0.2) is 9.84 Å². The number of nitrogens with one attached hydrogen (secondary N) is 3. The number of fused-ring (bicyclic) bond motifs is 1. The van der Waals surface area contributed by atoms with E-state index in [1.165, 1.54) is 12.1 Å². The van der Waals surface area contributed by atoms with E-state index in [0.717, 1.165) is 11.1 Å². The lowest BCUT2D eigenvalue weighted by Crippen LogP contribution is -2.38. The number of aromatic amines is 1. The van der Waals surface area contributed by atoms with E-state index in [4.69, 9.17) is 0 Å². The summed E-state index contributed by atoms with van der Waals surface area (Å²) in [5.74, 6) is -0.784. The average molecular weight is 333 g/mol. The Balaban J connectivity index is 1.90. The molecule has 1 aliphatic rings. The Morgan fingerprint density at radius 2 is 2.09 bits per heavy atom. The van der Waals surface area contributed by atoms with Gasteiger partial charge in [0.25, 0.3) is 11.5 Å². The topological polar surface area (TPSA) is 108 Å². The third-order valence-corrected chi connectivity index (χ3v) is 5.02. The molecule has 0 radical (unpaired) electrons. The molecule has 2 aromatic rings. The maximum atomic E-state index is 12.2. The summed E-state index contributed by atoms with van der Waals surface area (Å²) in [4.78, 5) is 27.0. The van der Waals surface area contributed by atoms with Crippen LogP contribution in [0.3, 0.4) is 0 Å². The fourth-order valence-corrected chi connectivity index (χ4v) is 3.67. The lowest BCUT2D eigenvalue weighted by molar-refractivity contribution is 0.0946. The van der Waals surface area contributed by atoms with Crippen molar-refractivity contribution >= 4 is 32.3 Å². The number of carbonyl (C=O) groups is 1. The van der Waals surface area contributed by atoms with Gasteiger partial charge >= 0.3 is 0 Å². The van der Waals surface area contributed by atoms with Crippen molar-refractivity contribution < 1.29 is 13.2 Å². The highest BCUT2D eigenvalue weighted by atomic mass is 32.2. The molecule has 1 aliphatic heterocycles. The molecule has 8 heteroatoms. The van der Waals surface area contributed by atoms with Gasteiger partial charge in [-0.2, -0.15) is 0 Å². The zero-order chi connectivity index (χ0) is 16.6. The first-order valence-electron chi connectivity index (χ1n) is 6.94. The molecule has 7 nitrogen and oxygen atoms in total. The van der Waals surface area contributed by atoms with E-state index in [2.05, 4.69) is 15.6 Å². The SMILES string of the molecule is CNc1ccc2cc(C(=O)N[C@@H]3C=CS(=O)(=O)C3)c(=O)[nH]c2c1. The van der Waals surface area contributed by atoms with Crippen molar-refractivity contribution in [3.05, 3.63) is 51.7 Å². The number of H-pyrrole nitrogens is 1. The van der Waals surface area contributed by atoms with E-state index in [0.29, 0.717) is 10.9 Å². The van der Waals surface area contributed by atoms with E-state index in [-0.39, 0.29) is 11.3 Å². The Hall–Kier alpha value is -2.61. The molecule has 0 spiro atoms. The van der Waals surface area contributed by atoms with Gasteiger partial charge in [-0.05, 0) is 29.7 Å². The predicted molar refractivity (Wildman–Crippen MR) is 88.3 cm³/mol. The Morgan fingerprint density at radius 3 is 2.74 bits per heavy atom. The molecule has 1 aromatic carbocycles. The summed E-state index contributed by atoms with van der Waals surface area (Å²) in [6, 6.07) is 6.26. The summed E-state index contributed by atoms with van der Waals surface area (Å²) in [5, 5.41) is 7.29. The first-order valence-corrected chi connectivity index (χ1v) is 8.66. The minimum Gasteiger partial charge on any atom is -0.388 e. The molecule has 0 aliphatic carbocycles. The van der Waals surface area contributed by atoms with Crippen LogP contribution in [0.25, 0.3) is 10.9 Å². The van der Waals surface area contributed by atoms with Crippen molar-refractivity contribution in [1.29, 1.82) is 0 Å². The van der Waals surface area contributed by atoms with Gasteiger partial charge in [-0.25, -0.2) is 8.42 Å². The van der Waals surface area contributed by atoms with Gasteiger partial charge in [-0.15, -0.1) is 0 Å². The van der Waals surface area contributed by atoms with Gasteiger partial charge in [0.05, 0.1) is 17.3 Å². The molecule has 1 aromatic heterocycles. The van der Waals surface area contributed by atoms with Gasteiger partial charge in [-0.1, -0.05) is 6.07 Å². The van der Waals surface area contributed by atoms with E-state index >= 15 is 0 Å². The van der Waals surface area contributed by atoms with E-state index < -0.39 is 27.3 Å². The van der Waals surface area contributed by atoms with Crippen LogP contribution in [0.4, 0.5) is 5.69 Å². The number of aromatic nitrogens is 1. The number of hydrogen-bond acceptors (Lipinski definition) is 5. The molecule has 0 fully saturated rings. The molecular weight excluding hydrogens is 318 g/mol. The van der Waals surface area contributed by atoms with E-state index in [1.54, 1.807) is 19.2 Å². The number of benzene rings is 1. The molecule has 3 N–H and O–H groups in total. The van der Waals surface area contributed by atoms with Crippen molar-refractivity contribution in [2.24, 2.45) is 0 Å². The third kappa shape index (κ3) is 3.11. The summed E-state index contributed by atoms with van der Waals surface area (Å²) in [6.45, 7) is 0. The molecule has 3 rings (SSSR count). The van der Waals surface area contributed by atoms with Crippen LogP contribution in [0.2, 0.25) is 0 Å². The highest BCUT2D eigenvalue weighted by molar-refractivity contribution is 7.94. The van der Waals surface area contributed by atoms with Gasteiger partial charge < -0.3 is 15.6 Å². The van der Waals surface area contributed by atoms with Crippen LogP contribution in [0, 0.1) is 0 Å². The number of hydrogen-bond donors (Lipinski definition) is 3. The van der Waals surface area contributed by atoms with E-state index in [1.807, 2.05) is 6.07 Å². The first-order chi connectivity index (χ1) is 10.9. The van der Waals surface area contributed by atoms with Crippen LogP contribution in [0.1, 0.15) is 10.4 Å². The van der Waals surface area contributed by atoms with Gasteiger partial charge in [0.1, 0.15) is 5.56 Å². The number of pyridine rings is 1. The van der Waals surface area contributed by atoms with Crippen LogP contribution in [-0.2, 0) is 9.84 Å². The zero-order valence-electron chi connectivity index (χ0n) is 12.3. The molecule has 1 amide bonds. The highest BCUT2D eigenvalue weighted by Gasteiger charge is 2.24. The maximum Gasteiger partial charge on any atom is 0.261 e. The largest absolute Gasteiger partial charge is 0.388 e. The third-order valence-electron chi connectivity index (χ3n) is 3.63. The maximum absolute atomic E-state index is 12.2. The summed E-state index contributed by atoms with van der Waals surface area (Å²) < 4.78 is 22.7. The number of rotatable bonds is 3. The molecule has 23 heavy (non-hydrogen) atoms. The molecule has 2 heterocycles. The highest BCUT2D eigenvalue weighted by Crippen LogP contribution is 2.17. The summed E-state index contributed by atoms with van der Waals surface area (Å²) in [7, 11) is -1.50. The second kappa shape index (κ2) is 5.54. The Morgan fingerprint density at radius 1 is 1.30 bits per heavy atom. The number of carbonyl (C=O) groups excluding carboxylic acids is 1. The van der Waals surface area contributed by atoms with Crippen molar-refractivity contribution in [2.75, 3.05) is 18.1 Å². The molecule has 0 saturated carbocycles. The van der Waals surface area contributed by atoms with Gasteiger partial charge in [-0.3, -0.25) is 9.59 Å². The van der Waals surface area contributed by atoms with E-state index in [9.17, 15) is 18.0 Å². The van der Waals surface area contributed by atoms with Crippen molar-refractivity contribution in [3.63, 3.8) is 0 Å². The molecule has 0 bridgehead atoms. The molecule has 1 atom stereocenters. The Labute approximate surface area is 132 Å². The van der Waals surface area contributed by atoms with Crippen molar-refractivity contribution in [2.45, 2.75) is 6.04 Å². The first kappa shape index (κ1) is 15.3. The Kier molecular flexibility index (Phi) is 3.69. The smallest absolute Gasteiger partial charge is 0.261 e.